The molecule has 19 heteroatoms. The third kappa shape index (κ3) is 21.3. The Labute approximate surface area is 409 Å². The molecule has 404 valence electrons. The predicted molar refractivity (Wildman–Crippen MR) is 254 cm³/mol. The minimum absolute atomic E-state index is 0.228. The SMILES string of the molecule is CCCCCCCCCCCCCCCC/C=C/CC/C=C/C(O)C(COC1OC(CO)C(OC2OC(CO)C(OC3OC(CO)C(O)C(O)C3O)C(O)C2O)C(O)C1O)NC(=O)CCCCCC. The molecule has 0 aliphatic carbocycles. The van der Waals surface area contributed by atoms with E-state index in [1.54, 1.807) is 6.08 Å². The van der Waals surface area contributed by atoms with Crippen molar-refractivity contribution in [2.75, 3.05) is 26.4 Å². The van der Waals surface area contributed by atoms with Gasteiger partial charge in [-0.05, 0) is 32.1 Å². The maximum atomic E-state index is 13.0. The second-order valence-corrected chi connectivity index (χ2v) is 19.0. The van der Waals surface area contributed by atoms with E-state index in [4.69, 9.17) is 28.4 Å². The number of aliphatic hydroxyl groups is 11. The van der Waals surface area contributed by atoms with Crippen molar-refractivity contribution < 1.29 is 89.4 Å². The maximum absolute atomic E-state index is 13.0. The average Bonchev–Trinajstić information content (AvgIpc) is 3.34. The molecule has 0 aromatic heterocycles. The highest BCUT2D eigenvalue weighted by molar-refractivity contribution is 5.76. The van der Waals surface area contributed by atoms with Crippen LogP contribution in [0.4, 0.5) is 0 Å². The molecule has 17 unspecified atom stereocenters. The van der Waals surface area contributed by atoms with E-state index in [-0.39, 0.29) is 18.9 Å². The number of carbonyl (C=O) groups is 1. The Morgan fingerprint density at radius 3 is 1.45 bits per heavy atom. The lowest BCUT2D eigenvalue weighted by atomic mass is 9.96. The molecule has 0 radical (unpaired) electrons. The highest BCUT2D eigenvalue weighted by atomic mass is 16.8. The molecule has 3 heterocycles. The molecule has 17 atom stereocenters. The normalized spacial score (nSPS) is 33.0. The van der Waals surface area contributed by atoms with Crippen LogP contribution in [0.5, 0.6) is 0 Å². The topological polar surface area (TPSA) is 307 Å². The molecule has 12 N–H and O–H groups in total. The van der Waals surface area contributed by atoms with Gasteiger partial charge in [0, 0.05) is 6.42 Å². The molecule has 19 nitrogen and oxygen atoms in total. The van der Waals surface area contributed by atoms with Crippen LogP contribution in [0.15, 0.2) is 24.3 Å². The van der Waals surface area contributed by atoms with Crippen molar-refractivity contribution in [1.82, 2.24) is 5.32 Å². The molecule has 0 aromatic rings. The van der Waals surface area contributed by atoms with Crippen LogP contribution in [0.2, 0.25) is 0 Å². The van der Waals surface area contributed by atoms with Gasteiger partial charge in [0.25, 0.3) is 0 Å². The van der Waals surface area contributed by atoms with Crippen molar-refractivity contribution in [2.24, 2.45) is 0 Å². The van der Waals surface area contributed by atoms with Crippen LogP contribution in [0.1, 0.15) is 155 Å². The van der Waals surface area contributed by atoms with Crippen LogP contribution in [0.25, 0.3) is 0 Å². The Bertz CT molecular complexity index is 1380. The van der Waals surface area contributed by atoms with Crippen LogP contribution in [0.3, 0.4) is 0 Å². The molecular formula is C50H91NO18. The molecule has 3 saturated heterocycles. The van der Waals surface area contributed by atoms with Gasteiger partial charge in [0.1, 0.15) is 73.2 Å². The second kappa shape index (κ2) is 35.4. The van der Waals surface area contributed by atoms with Gasteiger partial charge in [0.05, 0.1) is 38.6 Å². The van der Waals surface area contributed by atoms with E-state index >= 15 is 0 Å². The summed E-state index contributed by atoms with van der Waals surface area (Å²) in [6.07, 6.45) is 5.61. The van der Waals surface area contributed by atoms with Gasteiger partial charge < -0.3 is 89.9 Å². The fourth-order valence-corrected chi connectivity index (χ4v) is 8.85. The minimum Gasteiger partial charge on any atom is -0.394 e. The number of nitrogens with one attached hydrogen (secondary N) is 1. The van der Waals surface area contributed by atoms with Crippen molar-refractivity contribution in [2.45, 2.75) is 259 Å². The van der Waals surface area contributed by atoms with Crippen molar-refractivity contribution in [3.8, 4) is 0 Å². The summed E-state index contributed by atoms with van der Waals surface area (Å²) < 4.78 is 33.9. The fourth-order valence-electron chi connectivity index (χ4n) is 8.85. The summed E-state index contributed by atoms with van der Waals surface area (Å²) in [5, 5.41) is 119. The predicted octanol–water partition coefficient (Wildman–Crippen LogP) is 2.03. The van der Waals surface area contributed by atoms with E-state index < -0.39 is 124 Å². The lowest BCUT2D eigenvalue weighted by molar-refractivity contribution is -0.379. The number of amides is 1. The smallest absolute Gasteiger partial charge is 0.220 e. The Kier molecular flexibility index (Phi) is 31.6. The van der Waals surface area contributed by atoms with Crippen molar-refractivity contribution in [3.63, 3.8) is 0 Å². The molecule has 3 fully saturated rings. The molecule has 3 rings (SSSR count). The van der Waals surface area contributed by atoms with Crippen molar-refractivity contribution in [1.29, 1.82) is 0 Å². The standard InChI is InChI=1S/C50H91NO18/c1-3-5-7-9-10-11-12-13-14-15-16-17-18-19-20-21-22-23-24-25-27-34(55)33(51-38(56)28-26-8-6-4-2)32-64-48-44(62)41(59)46(36(30-53)66-48)69-50-45(63)42(60)47(37(31-54)67-50)68-49-43(61)40(58)39(57)35(29-52)65-49/h21-22,25,27,33-37,39-50,52-55,57-63H,3-20,23-24,26,28-32H2,1-2H3,(H,51,56)/b22-21+,27-25+. The molecule has 3 aliphatic rings. The van der Waals surface area contributed by atoms with Gasteiger partial charge in [-0.25, -0.2) is 0 Å². The van der Waals surface area contributed by atoms with E-state index in [1.807, 2.05) is 6.08 Å². The van der Waals surface area contributed by atoms with Crippen molar-refractivity contribution >= 4 is 5.91 Å². The number of hydrogen-bond acceptors (Lipinski definition) is 18. The third-order valence-corrected chi connectivity index (χ3v) is 13.3. The average molecular weight is 994 g/mol. The third-order valence-electron chi connectivity index (χ3n) is 13.3. The summed E-state index contributed by atoms with van der Waals surface area (Å²) in [7, 11) is 0. The molecule has 0 aromatic carbocycles. The molecular weight excluding hydrogens is 903 g/mol. The summed E-state index contributed by atoms with van der Waals surface area (Å²) >= 11 is 0. The van der Waals surface area contributed by atoms with Gasteiger partial charge in [-0.1, -0.05) is 141 Å². The summed E-state index contributed by atoms with van der Waals surface area (Å²) in [5.41, 5.74) is 0. The Morgan fingerprint density at radius 2 is 0.928 bits per heavy atom. The summed E-state index contributed by atoms with van der Waals surface area (Å²) in [6, 6.07) is -0.980. The first-order valence-corrected chi connectivity index (χ1v) is 26.1. The van der Waals surface area contributed by atoms with E-state index in [0.29, 0.717) is 12.8 Å². The van der Waals surface area contributed by atoms with Crippen LogP contribution >= 0.6 is 0 Å². The molecule has 0 saturated carbocycles. The quantitative estimate of drug-likeness (QED) is 0.0316. The van der Waals surface area contributed by atoms with Gasteiger partial charge in [-0.15, -0.1) is 0 Å². The van der Waals surface area contributed by atoms with E-state index in [9.17, 15) is 61.0 Å². The lowest BCUT2D eigenvalue weighted by Gasteiger charge is -2.48. The van der Waals surface area contributed by atoms with Crippen LogP contribution < -0.4 is 5.32 Å². The molecule has 69 heavy (non-hydrogen) atoms. The monoisotopic (exact) mass is 994 g/mol. The van der Waals surface area contributed by atoms with Gasteiger partial charge in [-0.3, -0.25) is 4.79 Å². The zero-order chi connectivity index (χ0) is 50.6. The summed E-state index contributed by atoms with van der Waals surface area (Å²) in [6.45, 7) is 1.53. The molecule has 0 spiro atoms. The van der Waals surface area contributed by atoms with Crippen LogP contribution in [0, 0.1) is 0 Å². The van der Waals surface area contributed by atoms with Gasteiger partial charge >= 0.3 is 0 Å². The minimum atomic E-state index is -1.98. The Balaban J connectivity index is 1.49. The van der Waals surface area contributed by atoms with E-state index in [0.717, 1.165) is 38.5 Å². The van der Waals surface area contributed by atoms with Gasteiger partial charge in [-0.2, -0.15) is 0 Å². The number of rotatable bonds is 36. The largest absolute Gasteiger partial charge is 0.394 e. The highest BCUT2D eigenvalue weighted by Gasteiger charge is 2.53. The maximum Gasteiger partial charge on any atom is 0.220 e. The number of aliphatic hydroxyl groups excluding tert-OH is 11. The number of unbranched alkanes of at least 4 members (excludes halogenated alkanes) is 18. The summed E-state index contributed by atoms with van der Waals surface area (Å²) in [5.74, 6) is -0.305. The van der Waals surface area contributed by atoms with Gasteiger partial charge in [0.2, 0.25) is 5.91 Å². The second-order valence-electron chi connectivity index (χ2n) is 19.0. The number of hydrogen-bond donors (Lipinski definition) is 12. The van der Waals surface area contributed by atoms with Crippen molar-refractivity contribution in [3.05, 3.63) is 24.3 Å². The zero-order valence-electron chi connectivity index (χ0n) is 41.3. The zero-order valence-corrected chi connectivity index (χ0v) is 41.3. The first-order valence-electron chi connectivity index (χ1n) is 26.1. The Morgan fingerprint density at radius 1 is 0.507 bits per heavy atom. The Hall–Kier alpha value is -1.73. The number of ether oxygens (including phenoxy) is 6. The fraction of sp³-hybridized carbons (Fsp3) is 0.900. The molecule has 3 aliphatic heterocycles. The molecule has 1 amide bonds. The number of carbonyl (C=O) groups excluding carboxylic acids is 1. The molecule has 0 bridgehead atoms. The lowest BCUT2D eigenvalue weighted by Crippen LogP contribution is -2.66. The van der Waals surface area contributed by atoms with Crippen LogP contribution in [-0.2, 0) is 33.2 Å². The first-order chi connectivity index (χ1) is 33.3. The van der Waals surface area contributed by atoms with E-state index in [2.05, 4.69) is 31.3 Å². The number of allylic oxidation sites excluding steroid dienone is 3. The first kappa shape index (κ1) is 61.6. The van der Waals surface area contributed by atoms with Crippen LogP contribution in [-0.4, -0.2) is 193 Å². The van der Waals surface area contributed by atoms with Gasteiger partial charge in [0.15, 0.2) is 18.9 Å². The highest BCUT2D eigenvalue weighted by Crippen LogP contribution is 2.33. The van der Waals surface area contributed by atoms with E-state index in [1.165, 1.54) is 83.5 Å². The summed E-state index contributed by atoms with van der Waals surface area (Å²) in [4.78, 5) is 13.0.